The molecule has 0 saturated carbocycles. The van der Waals surface area contributed by atoms with Crippen molar-refractivity contribution < 1.29 is 9.53 Å². The van der Waals surface area contributed by atoms with Crippen molar-refractivity contribution in [2.24, 2.45) is 0 Å². The average Bonchev–Trinajstić information content (AvgIpc) is 2.25. The van der Waals surface area contributed by atoms with Crippen molar-refractivity contribution in [2.45, 2.75) is 11.3 Å². The van der Waals surface area contributed by atoms with Gasteiger partial charge in [-0.25, -0.2) is 0 Å². The monoisotopic (exact) mass is 244 g/mol. The second-order valence-electron chi connectivity index (χ2n) is 2.99. The van der Waals surface area contributed by atoms with Crippen molar-refractivity contribution >= 4 is 29.6 Å². The number of thioether (sulfide) groups is 1. The Balaban J connectivity index is 2.58. The predicted octanol–water partition coefficient (Wildman–Crippen LogP) is 3.28. The summed E-state index contributed by atoms with van der Waals surface area (Å²) in [6, 6.07) is 5.29. The van der Waals surface area contributed by atoms with E-state index in [4.69, 9.17) is 16.3 Å². The minimum Gasteiger partial charge on any atom is -0.385 e. The lowest BCUT2D eigenvalue weighted by Gasteiger charge is -2.04. The quantitative estimate of drug-likeness (QED) is 0.436. The van der Waals surface area contributed by atoms with Gasteiger partial charge in [0.1, 0.15) is 0 Å². The fourth-order valence-electron chi connectivity index (χ4n) is 1.12. The van der Waals surface area contributed by atoms with Gasteiger partial charge in [0, 0.05) is 35.0 Å². The standard InChI is InChI=1S/C11H13ClO2S/c1-14-5-2-6-15-11-7-10(12)4-3-9(11)8-13/h3-4,7-8H,2,5-6H2,1H3. The summed E-state index contributed by atoms with van der Waals surface area (Å²) in [4.78, 5) is 11.7. The average molecular weight is 245 g/mol. The van der Waals surface area contributed by atoms with Crippen LogP contribution in [0.3, 0.4) is 0 Å². The number of ether oxygens (including phenoxy) is 1. The summed E-state index contributed by atoms with van der Waals surface area (Å²) in [7, 11) is 1.68. The van der Waals surface area contributed by atoms with Crippen LogP contribution in [0.1, 0.15) is 16.8 Å². The molecule has 0 heterocycles. The lowest BCUT2D eigenvalue weighted by molar-refractivity contribution is 0.112. The third-order valence-corrected chi connectivity index (χ3v) is 3.25. The van der Waals surface area contributed by atoms with E-state index in [2.05, 4.69) is 0 Å². The van der Waals surface area contributed by atoms with Crippen LogP contribution in [0.15, 0.2) is 23.1 Å². The van der Waals surface area contributed by atoms with Crippen molar-refractivity contribution in [3.05, 3.63) is 28.8 Å². The van der Waals surface area contributed by atoms with Gasteiger partial charge in [-0.3, -0.25) is 4.79 Å². The number of carbonyl (C=O) groups excluding carboxylic acids is 1. The second kappa shape index (κ2) is 6.88. The van der Waals surface area contributed by atoms with Gasteiger partial charge in [0.25, 0.3) is 0 Å². The maximum absolute atomic E-state index is 10.7. The zero-order chi connectivity index (χ0) is 11.1. The highest BCUT2D eigenvalue weighted by molar-refractivity contribution is 7.99. The maximum Gasteiger partial charge on any atom is 0.151 e. The van der Waals surface area contributed by atoms with Crippen LogP contribution in [-0.2, 0) is 4.74 Å². The highest BCUT2D eigenvalue weighted by Gasteiger charge is 2.02. The Kier molecular flexibility index (Phi) is 5.76. The van der Waals surface area contributed by atoms with Gasteiger partial charge in [-0.1, -0.05) is 11.6 Å². The molecule has 0 unspecified atom stereocenters. The largest absolute Gasteiger partial charge is 0.385 e. The molecule has 4 heteroatoms. The van der Waals surface area contributed by atoms with Gasteiger partial charge in [0.15, 0.2) is 6.29 Å². The van der Waals surface area contributed by atoms with E-state index in [-0.39, 0.29) is 0 Å². The summed E-state index contributed by atoms with van der Waals surface area (Å²) in [5, 5.41) is 0.662. The Morgan fingerprint density at radius 3 is 3.00 bits per heavy atom. The van der Waals surface area contributed by atoms with Crippen molar-refractivity contribution in [3.63, 3.8) is 0 Å². The summed E-state index contributed by atoms with van der Waals surface area (Å²) < 4.78 is 4.95. The first-order valence-corrected chi connectivity index (χ1v) is 6.00. The molecule has 0 amide bonds. The van der Waals surface area contributed by atoms with Gasteiger partial charge in [0.2, 0.25) is 0 Å². The molecule has 0 spiro atoms. The predicted molar refractivity (Wildman–Crippen MR) is 64.1 cm³/mol. The summed E-state index contributed by atoms with van der Waals surface area (Å²) >= 11 is 7.49. The Morgan fingerprint density at radius 1 is 1.53 bits per heavy atom. The topological polar surface area (TPSA) is 26.3 Å². The summed E-state index contributed by atoms with van der Waals surface area (Å²) in [5.74, 6) is 0.926. The van der Waals surface area contributed by atoms with Crippen LogP contribution in [0.4, 0.5) is 0 Å². The molecule has 0 atom stereocenters. The van der Waals surface area contributed by atoms with E-state index >= 15 is 0 Å². The second-order valence-corrected chi connectivity index (χ2v) is 4.57. The molecule has 82 valence electrons. The molecule has 0 N–H and O–H groups in total. The summed E-state index contributed by atoms with van der Waals surface area (Å²) in [5.41, 5.74) is 0.696. The molecule has 1 rings (SSSR count). The van der Waals surface area contributed by atoms with Crippen LogP contribution in [0.2, 0.25) is 5.02 Å². The summed E-state index contributed by atoms with van der Waals surface area (Å²) in [6.45, 7) is 0.740. The van der Waals surface area contributed by atoms with Gasteiger partial charge in [-0.15, -0.1) is 11.8 Å². The third kappa shape index (κ3) is 4.24. The van der Waals surface area contributed by atoms with E-state index in [1.165, 1.54) is 0 Å². The van der Waals surface area contributed by atoms with Gasteiger partial charge >= 0.3 is 0 Å². The highest BCUT2D eigenvalue weighted by Crippen LogP contribution is 2.25. The Labute approximate surface area is 99.0 Å². The number of carbonyl (C=O) groups is 1. The minimum absolute atomic E-state index is 0.662. The first-order valence-electron chi connectivity index (χ1n) is 4.64. The van der Waals surface area contributed by atoms with Crippen LogP contribution in [0.25, 0.3) is 0 Å². The number of benzene rings is 1. The molecular weight excluding hydrogens is 232 g/mol. The van der Waals surface area contributed by atoms with Gasteiger partial charge in [-0.05, 0) is 24.6 Å². The van der Waals surface area contributed by atoms with Crippen molar-refractivity contribution in [2.75, 3.05) is 19.5 Å². The normalized spacial score (nSPS) is 10.3. The molecule has 0 fully saturated rings. The third-order valence-electron chi connectivity index (χ3n) is 1.85. The first-order chi connectivity index (χ1) is 7.27. The van der Waals surface area contributed by atoms with E-state index in [1.807, 2.05) is 6.07 Å². The SMILES string of the molecule is COCCCSc1cc(Cl)ccc1C=O. The van der Waals surface area contributed by atoms with Crippen LogP contribution < -0.4 is 0 Å². The Bertz CT molecular complexity index is 328. The molecule has 0 bridgehead atoms. The smallest absolute Gasteiger partial charge is 0.151 e. The minimum atomic E-state index is 0.662. The molecule has 15 heavy (non-hydrogen) atoms. The molecule has 0 aliphatic carbocycles. The Morgan fingerprint density at radius 2 is 2.33 bits per heavy atom. The maximum atomic E-state index is 10.7. The van der Waals surface area contributed by atoms with Crippen LogP contribution in [0, 0.1) is 0 Å². The molecule has 0 aromatic heterocycles. The number of halogens is 1. The van der Waals surface area contributed by atoms with Crippen molar-refractivity contribution in [1.29, 1.82) is 0 Å². The van der Waals surface area contributed by atoms with E-state index in [0.717, 1.165) is 30.0 Å². The van der Waals surface area contributed by atoms with Crippen molar-refractivity contribution in [3.8, 4) is 0 Å². The number of aldehydes is 1. The van der Waals surface area contributed by atoms with E-state index in [9.17, 15) is 4.79 Å². The van der Waals surface area contributed by atoms with Crippen molar-refractivity contribution in [1.82, 2.24) is 0 Å². The number of hydrogen-bond donors (Lipinski definition) is 0. The Hall–Kier alpha value is -0.510. The van der Waals surface area contributed by atoms with E-state index < -0.39 is 0 Å². The summed E-state index contributed by atoms with van der Waals surface area (Å²) in [6.07, 6.45) is 1.82. The van der Waals surface area contributed by atoms with Gasteiger partial charge in [-0.2, -0.15) is 0 Å². The van der Waals surface area contributed by atoms with Crippen LogP contribution >= 0.6 is 23.4 Å². The van der Waals surface area contributed by atoms with E-state index in [1.54, 1.807) is 31.0 Å². The number of hydrogen-bond acceptors (Lipinski definition) is 3. The molecule has 0 aliphatic heterocycles. The van der Waals surface area contributed by atoms with Crippen LogP contribution in [0.5, 0.6) is 0 Å². The molecule has 2 nitrogen and oxygen atoms in total. The zero-order valence-electron chi connectivity index (χ0n) is 8.53. The molecule has 1 aromatic carbocycles. The molecule has 0 aliphatic rings. The lowest BCUT2D eigenvalue weighted by atomic mass is 10.2. The molecule has 0 saturated heterocycles. The molecular formula is C11H13ClO2S. The van der Waals surface area contributed by atoms with E-state index in [0.29, 0.717) is 10.6 Å². The zero-order valence-corrected chi connectivity index (χ0v) is 10.1. The van der Waals surface area contributed by atoms with Gasteiger partial charge < -0.3 is 4.74 Å². The molecule has 0 radical (unpaired) electrons. The highest BCUT2D eigenvalue weighted by atomic mass is 35.5. The number of methoxy groups -OCH3 is 1. The fourth-order valence-corrected chi connectivity index (χ4v) is 2.33. The van der Waals surface area contributed by atoms with Crippen LogP contribution in [-0.4, -0.2) is 25.8 Å². The fraction of sp³-hybridized carbons (Fsp3) is 0.364. The number of rotatable bonds is 6. The molecule has 1 aromatic rings. The lowest BCUT2D eigenvalue weighted by Crippen LogP contribution is -1.92. The first kappa shape index (κ1) is 12.6. The van der Waals surface area contributed by atoms with Gasteiger partial charge in [0.05, 0.1) is 0 Å².